The highest BCUT2D eigenvalue weighted by molar-refractivity contribution is 5.87. The van der Waals surface area contributed by atoms with Crippen molar-refractivity contribution >= 4 is 5.97 Å². The molecule has 0 amide bonds. The number of nitrogens with one attached hydrogen (secondary N) is 1. The van der Waals surface area contributed by atoms with Crippen LogP contribution in [0.2, 0.25) is 0 Å². The lowest BCUT2D eigenvalue weighted by Gasteiger charge is -2.23. The van der Waals surface area contributed by atoms with Crippen molar-refractivity contribution in [1.29, 1.82) is 0 Å². The minimum absolute atomic E-state index is 0.273. The molecule has 5 heteroatoms. The molecular weight excluding hydrogens is 318 g/mol. The average Bonchev–Trinajstić information content (AvgIpc) is 3.47. The van der Waals surface area contributed by atoms with Gasteiger partial charge in [0.15, 0.2) is 11.5 Å². The topological polar surface area (TPSA) is 67.8 Å². The summed E-state index contributed by atoms with van der Waals surface area (Å²) in [6, 6.07) is 13.5. The number of rotatable bonds is 6. The van der Waals surface area contributed by atoms with Crippen LogP contribution in [0.25, 0.3) is 0 Å². The van der Waals surface area contributed by atoms with Crippen LogP contribution in [0.1, 0.15) is 40.4 Å². The lowest BCUT2D eigenvalue weighted by molar-refractivity contribution is 0.0697. The normalized spacial score (nSPS) is 17.1. The fourth-order valence-corrected chi connectivity index (χ4v) is 3.23. The Morgan fingerprint density at radius 1 is 1.08 bits per heavy atom. The first-order chi connectivity index (χ1) is 12.2. The number of carbonyl (C=O) groups is 1. The maximum atomic E-state index is 10.9. The number of hydrogen-bond acceptors (Lipinski definition) is 4. The summed E-state index contributed by atoms with van der Waals surface area (Å²) in [6.45, 7) is 1.90. The molecule has 2 N–H and O–H groups in total. The summed E-state index contributed by atoms with van der Waals surface area (Å²) < 4.78 is 11.3. The second-order valence-corrected chi connectivity index (χ2v) is 6.60. The Bertz CT molecular complexity index is 768. The fraction of sp³-hybridized carbons (Fsp3) is 0.350. The molecule has 2 aromatic rings. The second kappa shape index (κ2) is 6.76. The van der Waals surface area contributed by atoms with E-state index in [1.165, 1.54) is 18.4 Å². The van der Waals surface area contributed by atoms with E-state index in [1.807, 2.05) is 18.2 Å². The Hall–Kier alpha value is -2.53. The van der Waals surface area contributed by atoms with Crippen LogP contribution < -0.4 is 14.8 Å². The van der Waals surface area contributed by atoms with E-state index in [-0.39, 0.29) is 6.04 Å². The van der Waals surface area contributed by atoms with Gasteiger partial charge >= 0.3 is 5.97 Å². The lowest BCUT2D eigenvalue weighted by Crippen LogP contribution is -2.23. The molecule has 2 aromatic carbocycles. The Balaban J connectivity index is 1.47. The minimum Gasteiger partial charge on any atom is -0.486 e. The van der Waals surface area contributed by atoms with Crippen molar-refractivity contribution in [2.24, 2.45) is 5.92 Å². The van der Waals surface area contributed by atoms with E-state index >= 15 is 0 Å². The molecule has 0 saturated heterocycles. The molecule has 1 unspecified atom stereocenters. The van der Waals surface area contributed by atoms with Gasteiger partial charge in [-0.3, -0.25) is 0 Å². The molecule has 1 fully saturated rings. The molecule has 1 heterocycles. The summed E-state index contributed by atoms with van der Waals surface area (Å²) >= 11 is 0. The summed E-state index contributed by atoms with van der Waals surface area (Å²) in [7, 11) is 0. The Morgan fingerprint density at radius 3 is 2.48 bits per heavy atom. The lowest BCUT2D eigenvalue weighted by atomic mass is 10.0. The van der Waals surface area contributed by atoms with E-state index in [0.29, 0.717) is 31.2 Å². The molecule has 1 aliphatic carbocycles. The number of benzene rings is 2. The second-order valence-electron chi connectivity index (χ2n) is 6.60. The van der Waals surface area contributed by atoms with Gasteiger partial charge in [-0.25, -0.2) is 4.79 Å². The van der Waals surface area contributed by atoms with Crippen molar-refractivity contribution in [1.82, 2.24) is 5.32 Å². The molecule has 1 atom stereocenters. The first kappa shape index (κ1) is 16.0. The zero-order valence-corrected chi connectivity index (χ0v) is 13.9. The molecule has 0 radical (unpaired) electrons. The smallest absolute Gasteiger partial charge is 0.335 e. The van der Waals surface area contributed by atoms with Crippen LogP contribution in [0.15, 0.2) is 42.5 Å². The van der Waals surface area contributed by atoms with Crippen molar-refractivity contribution < 1.29 is 19.4 Å². The number of hydrogen-bond donors (Lipinski definition) is 2. The van der Waals surface area contributed by atoms with E-state index in [1.54, 1.807) is 12.1 Å². The third-order valence-electron chi connectivity index (χ3n) is 4.75. The van der Waals surface area contributed by atoms with E-state index in [4.69, 9.17) is 14.6 Å². The van der Waals surface area contributed by atoms with Crippen LogP contribution in [0.3, 0.4) is 0 Å². The first-order valence-corrected chi connectivity index (χ1v) is 8.66. The molecule has 0 aromatic heterocycles. The number of aromatic carboxylic acids is 1. The maximum absolute atomic E-state index is 10.9. The molecule has 0 spiro atoms. The van der Waals surface area contributed by atoms with Gasteiger partial charge in [-0.2, -0.15) is 0 Å². The van der Waals surface area contributed by atoms with Crippen molar-refractivity contribution in [3.8, 4) is 11.5 Å². The van der Waals surface area contributed by atoms with Gasteiger partial charge in [0.2, 0.25) is 0 Å². The maximum Gasteiger partial charge on any atom is 0.335 e. The Labute approximate surface area is 146 Å². The molecular formula is C20H21NO4. The molecule has 4 rings (SSSR count). The summed E-state index contributed by atoms with van der Waals surface area (Å²) in [6.07, 6.45) is 2.45. The largest absolute Gasteiger partial charge is 0.486 e. The summed E-state index contributed by atoms with van der Waals surface area (Å²) in [5, 5.41) is 12.6. The van der Waals surface area contributed by atoms with Crippen LogP contribution >= 0.6 is 0 Å². The highest BCUT2D eigenvalue weighted by Crippen LogP contribution is 2.43. The zero-order valence-electron chi connectivity index (χ0n) is 13.9. The molecule has 1 saturated carbocycles. The molecule has 130 valence electrons. The van der Waals surface area contributed by atoms with Gasteiger partial charge in [0, 0.05) is 12.6 Å². The summed E-state index contributed by atoms with van der Waals surface area (Å²) in [5.74, 6) is 1.38. The molecule has 5 nitrogen and oxygen atoms in total. The molecule has 1 aliphatic heterocycles. The first-order valence-electron chi connectivity index (χ1n) is 8.66. The predicted molar refractivity (Wildman–Crippen MR) is 93.1 cm³/mol. The van der Waals surface area contributed by atoms with Crippen molar-refractivity contribution in [2.45, 2.75) is 25.4 Å². The highest BCUT2D eigenvalue weighted by atomic mass is 16.6. The quantitative estimate of drug-likeness (QED) is 0.844. The van der Waals surface area contributed by atoms with Crippen LogP contribution in [0, 0.1) is 5.92 Å². The van der Waals surface area contributed by atoms with Crippen LogP contribution in [0.4, 0.5) is 0 Å². The molecule has 25 heavy (non-hydrogen) atoms. The average molecular weight is 339 g/mol. The van der Waals surface area contributed by atoms with Gasteiger partial charge in [-0.15, -0.1) is 0 Å². The van der Waals surface area contributed by atoms with Crippen LogP contribution in [0.5, 0.6) is 11.5 Å². The standard InChI is InChI=1S/C20H21NO4/c22-20(23)15-3-1-13(2-4-15)12-21-19(14-5-6-14)16-7-8-17-18(11-16)25-10-9-24-17/h1-4,7-8,11,14,19,21H,5-6,9-10,12H2,(H,22,23). The number of carboxylic acid groups (broad SMARTS) is 1. The van der Waals surface area contributed by atoms with Crippen molar-refractivity contribution in [3.05, 3.63) is 59.2 Å². The summed E-state index contributed by atoms with van der Waals surface area (Å²) in [4.78, 5) is 10.9. The molecule has 2 aliphatic rings. The van der Waals surface area contributed by atoms with Gasteiger partial charge in [0.05, 0.1) is 5.56 Å². The highest BCUT2D eigenvalue weighted by Gasteiger charge is 2.32. The third kappa shape index (κ3) is 3.61. The van der Waals surface area contributed by atoms with E-state index in [9.17, 15) is 4.79 Å². The third-order valence-corrected chi connectivity index (χ3v) is 4.75. The Kier molecular flexibility index (Phi) is 4.32. The van der Waals surface area contributed by atoms with Crippen molar-refractivity contribution in [2.75, 3.05) is 13.2 Å². The van der Waals surface area contributed by atoms with Gasteiger partial charge < -0.3 is 19.9 Å². The predicted octanol–water partition coefficient (Wildman–Crippen LogP) is 3.40. The number of ether oxygens (including phenoxy) is 2. The monoisotopic (exact) mass is 339 g/mol. The van der Waals surface area contributed by atoms with Gasteiger partial charge in [0.1, 0.15) is 13.2 Å². The van der Waals surface area contributed by atoms with Gasteiger partial charge in [0.25, 0.3) is 0 Å². The zero-order chi connectivity index (χ0) is 17.2. The van der Waals surface area contributed by atoms with E-state index in [0.717, 1.165) is 17.1 Å². The van der Waals surface area contributed by atoms with E-state index in [2.05, 4.69) is 17.4 Å². The molecule has 0 bridgehead atoms. The van der Waals surface area contributed by atoms with Crippen LogP contribution in [-0.2, 0) is 6.54 Å². The number of carboxylic acids is 1. The fourth-order valence-electron chi connectivity index (χ4n) is 3.23. The van der Waals surface area contributed by atoms with E-state index < -0.39 is 5.97 Å². The number of fused-ring (bicyclic) bond motifs is 1. The van der Waals surface area contributed by atoms with Crippen LogP contribution in [-0.4, -0.2) is 24.3 Å². The minimum atomic E-state index is -0.897. The van der Waals surface area contributed by atoms with Gasteiger partial charge in [-0.1, -0.05) is 18.2 Å². The Morgan fingerprint density at radius 2 is 1.80 bits per heavy atom. The summed E-state index contributed by atoms with van der Waals surface area (Å²) in [5.41, 5.74) is 2.61. The van der Waals surface area contributed by atoms with Crippen molar-refractivity contribution in [3.63, 3.8) is 0 Å². The SMILES string of the molecule is O=C(O)c1ccc(CNC(c2ccc3c(c2)OCCO3)C2CC2)cc1. The van der Waals surface area contributed by atoms with Gasteiger partial charge in [-0.05, 0) is 54.2 Å².